The standard InChI is InChI=1S/C17H28O2/c1-5-7-17(19-6-2)16(18)12-14-8-10-15(11-9-14)13(3)4/h8-11,13,16-18H,5-7,12H2,1-4H3. The average Bonchev–Trinajstić information content (AvgIpc) is 2.39. The quantitative estimate of drug-likeness (QED) is 0.771. The van der Waals surface area contributed by atoms with Crippen molar-refractivity contribution in [1.82, 2.24) is 0 Å². The van der Waals surface area contributed by atoms with E-state index in [2.05, 4.69) is 45.0 Å². The molecular formula is C17H28O2. The molecule has 0 spiro atoms. The van der Waals surface area contributed by atoms with Gasteiger partial charge in [0, 0.05) is 13.0 Å². The number of benzene rings is 1. The Labute approximate surface area is 117 Å². The summed E-state index contributed by atoms with van der Waals surface area (Å²) in [5.41, 5.74) is 2.52. The largest absolute Gasteiger partial charge is 0.390 e. The van der Waals surface area contributed by atoms with Gasteiger partial charge in [0.2, 0.25) is 0 Å². The lowest BCUT2D eigenvalue weighted by Gasteiger charge is -2.22. The molecule has 0 saturated carbocycles. The molecule has 19 heavy (non-hydrogen) atoms. The highest BCUT2D eigenvalue weighted by molar-refractivity contribution is 5.25. The molecule has 0 bridgehead atoms. The van der Waals surface area contributed by atoms with Crippen molar-refractivity contribution in [1.29, 1.82) is 0 Å². The van der Waals surface area contributed by atoms with Crippen LogP contribution in [0.4, 0.5) is 0 Å². The Morgan fingerprint density at radius 3 is 2.21 bits per heavy atom. The summed E-state index contributed by atoms with van der Waals surface area (Å²) in [5, 5.41) is 10.3. The first-order valence-electron chi connectivity index (χ1n) is 7.46. The van der Waals surface area contributed by atoms with Crippen LogP contribution >= 0.6 is 0 Å². The van der Waals surface area contributed by atoms with Crippen molar-refractivity contribution in [2.75, 3.05) is 6.61 Å². The lowest BCUT2D eigenvalue weighted by molar-refractivity contribution is -0.0363. The Balaban J connectivity index is 2.61. The van der Waals surface area contributed by atoms with Crippen LogP contribution in [0.2, 0.25) is 0 Å². The first-order valence-corrected chi connectivity index (χ1v) is 7.46. The van der Waals surface area contributed by atoms with E-state index < -0.39 is 6.10 Å². The molecule has 1 N–H and O–H groups in total. The molecule has 2 unspecified atom stereocenters. The second-order valence-corrected chi connectivity index (χ2v) is 5.45. The molecule has 1 rings (SSSR count). The van der Waals surface area contributed by atoms with Crippen LogP contribution in [0.25, 0.3) is 0 Å². The maximum atomic E-state index is 10.3. The Morgan fingerprint density at radius 2 is 1.74 bits per heavy atom. The maximum Gasteiger partial charge on any atom is 0.0842 e. The fraction of sp³-hybridized carbons (Fsp3) is 0.647. The van der Waals surface area contributed by atoms with Crippen molar-refractivity contribution in [3.8, 4) is 0 Å². The van der Waals surface area contributed by atoms with E-state index in [1.807, 2.05) is 6.92 Å². The molecule has 2 atom stereocenters. The summed E-state index contributed by atoms with van der Waals surface area (Å²) in [5.74, 6) is 0.551. The number of hydrogen-bond donors (Lipinski definition) is 1. The zero-order chi connectivity index (χ0) is 14.3. The molecule has 0 saturated heterocycles. The summed E-state index contributed by atoms with van der Waals surface area (Å²) in [7, 11) is 0. The van der Waals surface area contributed by atoms with E-state index in [9.17, 15) is 5.11 Å². The Kier molecular flexibility index (Phi) is 7.11. The van der Waals surface area contributed by atoms with Crippen molar-refractivity contribution < 1.29 is 9.84 Å². The van der Waals surface area contributed by atoms with Gasteiger partial charge in [-0.25, -0.2) is 0 Å². The molecule has 0 heterocycles. The van der Waals surface area contributed by atoms with Gasteiger partial charge in [0.05, 0.1) is 12.2 Å². The van der Waals surface area contributed by atoms with Crippen LogP contribution in [-0.2, 0) is 11.2 Å². The van der Waals surface area contributed by atoms with Crippen LogP contribution in [0.3, 0.4) is 0 Å². The summed E-state index contributed by atoms with van der Waals surface area (Å²) in [6.07, 6.45) is 2.17. The molecule has 0 aromatic heterocycles. The first kappa shape index (κ1) is 16.2. The smallest absolute Gasteiger partial charge is 0.0842 e. The zero-order valence-corrected chi connectivity index (χ0v) is 12.7. The minimum Gasteiger partial charge on any atom is -0.390 e. The molecule has 0 aliphatic carbocycles. The highest BCUT2D eigenvalue weighted by atomic mass is 16.5. The molecule has 0 radical (unpaired) electrons. The molecule has 1 aromatic rings. The van der Waals surface area contributed by atoms with Crippen LogP contribution in [-0.4, -0.2) is 23.9 Å². The Hall–Kier alpha value is -0.860. The van der Waals surface area contributed by atoms with Gasteiger partial charge in [-0.05, 0) is 30.4 Å². The molecule has 0 fully saturated rings. The average molecular weight is 264 g/mol. The second kappa shape index (κ2) is 8.34. The van der Waals surface area contributed by atoms with Crippen molar-refractivity contribution in [2.24, 2.45) is 0 Å². The van der Waals surface area contributed by atoms with Gasteiger partial charge in [-0.1, -0.05) is 51.5 Å². The normalized spacial score (nSPS) is 14.6. The SMILES string of the molecule is CCCC(OCC)C(O)Cc1ccc(C(C)C)cc1. The monoisotopic (exact) mass is 264 g/mol. The van der Waals surface area contributed by atoms with Crippen molar-refractivity contribution in [3.05, 3.63) is 35.4 Å². The maximum absolute atomic E-state index is 10.3. The predicted molar refractivity (Wildman–Crippen MR) is 80.6 cm³/mol. The number of aliphatic hydroxyl groups is 1. The third kappa shape index (κ3) is 5.33. The third-order valence-electron chi connectivity index (χ3n) is 3.47. The van der Waals surface area contributed by atoms with E-state index in [1.165, 1.54) is 11.1 Å². The molecule has 2 nitrogen and oxygen atoms in total. The third-order valence-corrected chi connectivity index (χ3v) is 3.47. The highest BCUT2D eigenvalue weighted by Gasteiger charge is 2.18. The summed E-state index contributed by atoms with van der Waals surface area (Å²) in [4.78, 5) is 0. The second-order valence-electron chi connectivity index (χ2n) is 5.45. The lowest BCUT2D eigenvalue weighted by atomic mass is 9.97. The topological polar surface area (TPSA) is 29.5 Å². The van der Waals surface area contributed by atoms with Crippen LogP contribution in [0.15, 0.2) is 24.3 Å². The van der Waals surface area contributed by atoms with Crippen LogP contribution in [0.5, 0.6) is 0 Å². The lowest BCUT2D eigenvalue weighted by Crippen LogP contribution is -2.30. The zero-order valence-electron chi connectivity index (χ0n) is 12.7. The highest BCUT2D eigenvalue weighted by Crippen LogP contribution is 2.17. The van der Waals surface area contributed by atoms with Crippen LogP contribution < -0.4 is 0 Å². The summed E-state index contributed by atoms with van der Waals surface area (Å²) < 4.78 is 5.63. The minimum absolute atomic E-state index is 0.0419. The van der Waals surface area contributed by atoms with E-state index in [0.29, 0.717) is 18.9 Å². The summed E-state index contributed by atoms with van der Waals surface area (Å²) >= 11 is 0. The van der Waals surface area contributed by atoms with E-state index >= 15 is 0 Å². The van der Waals surface area contributed by atoms with Gasteiger partial charge in [0.1, 0.15) is 0 Å². The fourth-order valence-electron chi connectivity index (χ4n) is 2.30. The number of aliphatic hydroxyl groups excluding tert-OH is 1. The van der Waals surface area contributed by atoms with Gasteiger partial charge < -0.3 is 9.84 Å². The van der Waals surface area contributed by atoms with E-state index in [-0.39, 0.29) is 6.10 Å². The van der Waals surface area contributed by atoms with E-state index in [0.717, 1.165) is 12.8 Å². The number of hydrogen-bond acceptors (Lipinski definition) is 2. The Morgan fingerprint density at radius 1 is 1.11 bits per heavy atom. The fourth-order valence-corrected chi connectivity index (χ4v) is 2.30. The molecule has 0 amide bonds. The number of rotatable bonds is 8. The Bertz CT molecular complexity index is 337. The minimum atomic E-state index is -0.412. The van der Waals surface area contributed by atoms with Gasteiger partial charge in [-0.3, -0.25) is 0 Å². The van der Waals surface area contributed by atoms with E-state index in [1.54, 1.807) is 0 Å². The summed E-state index contributed by atoms with van der Waals surface area (Å²) in [6, 6.07) is 8.55. The van der Waals surface area contributed by atoms with E-state index in [4.69, 9.17) is 4.74 Å². The molecular weight excluding hydrogens is 236 g/mol. The summed E-state index contributed by atoms with van der Waals surface area (Å²) in [6.45, 7) is 9.14. The first-order chi connectivity index (χ1) is 9.08. The van der Waals surface area contributed by atoms with Crippen LogP contribution in [0, 0.1) is 0 Å². The number of ether oxygens (including phenoxy) is 1. The molecule has 0 aliphatic heterocycles. The molecule has 108 valence electrons. The van der Waals surface area contributed by atoms with Gasteiger partial charge in [-0.2, -0.15) is 0 Å². The van der Waals surface area contributed by atoms with Crippen LogP contribution in [0.1, 0.15) is 57.6 Å². The van der Waals surface area contributed by atoms with Gasteiger partial charge in [0.15, 0.2) is 0 Å². The van der Waals surface area contributed by atoms with Gasteiger partial charge in [0.25, 0.3) is 0 Å². The van der Waals surface area contributed by atoms with Gasteiger partial charge in [-0.15, -0.1) is 0 Å². The van der Waals surface area contributed by atoms with Gasteiger partial charge >= 0.3 is 0 Å². The molecule has 2 heteroatoms. The molecule has 0 aliphatic rings. The van der Waals surface area contributed by atoms with Crippen molar-refractivity contribution in [2.45, 2.75) is 65.1 Å². The predicted octanol–water partition coefficient (Wildman–Crippen LogP) is 3.92. The van der Waals surface area contributed by atoms with Crippen molar-refractivity contribution >= 4 is 0 Å². The van der Waals surface area contributed by atoms with Crippen molar-refractivity contribution in [3.63, 3.8) is 0 Å². The molecule has 1 aromatic carbocycles.